The van der Waals surface area contributed by atoms with E-state index in [9.17, 15) is 20.1 Å². The fourth-order valence-corrected chi connectivity index (χ4v) is 3.50. The van der Waals surface area contributed by atoms with E-state index in [1.54, 1.807) is 42.5 Å². The number of carboxylic acids is 1. The fourth-order valence-electron chi connectivity index (χ4n) is 3.50. The number of hydrogen-bond donors (Lipinski definition) is 4. The van der Waals surface area contributed by atoms with Crippen molar-refractivity contribution in [3.05, 3.63) is 77.9 Å². The zero-order chi connectivity index (χ0) is 24.7. The Morgan fingerprint density at radius 2 is 1.57 bits per heavy atom. The van der Waals surface area contributed by atoms with E-state index in [2.05, 4.69) is 5.32 Å². The second-order valence-corrected chi connectivity index (χ2v) is 8.33. The topological polar surface area (TPSA) is 108 Å². The third-order valence-electron chi connectivity index (χ3n) is 5.31. The van der Waals surface area contributed by atoms with Gasteiger partial charge in [-0.2, -0.15) is 0 Å². The van der Waals surface area contributed by atoms with E-state index in [0.29, 0.717) is 24.7 Å². The number of ether oxygens (including phenoxy) is 2. The fraction of sp³-hybridized carbons (Fsp3) is 0.296. The molecule has 0 amide bonds. The number of aromatic hydroxyl groups is 1. The largest absolute Gasteiger partial charge is 0.508 e. The first-order valence-corrected chi connectivity index (χ1v) is 11.2. The van der Waals surface area contributed by atoms with Crippen molar-refractivity contribution < 1.29 is 29.6 Å². The normalized spacial score (nSPS) is 12.5. The van der Waals surface area contributed by atoms with Gasteiger partial charge in [-0.05, 0) is 73.9 Å². The quantitative estimate of drug-likeness (QED) is 0.272. The highest BCUT2D eigenvalue weighted by Gasteiger charge is 2.16. The summed E-state index contributed by atoms with van der Waals surface area (Å²) in [5.41, 5.74) is 2.63. The first kappa shape index (κ1) is 28.0. The third kappa shape index (κ3) is 7.89. The molecule has 0 radical (unpaired) electrons. The van der Waals surface area contributed by atoms with Crippen molar-refractivity contribution in [2.75, 3.05) is 13.2 Å². The predicted octanol–water partition coefficient (Wildman–Crippen LogP) is 5.06. The van der Waals surface area contributed by atoms with E-state index >= 15 is 0 Å². The number of carboxylic acid groups (broad SMARTS) is 1. The smallest absolute Gasteiger partial charge is 0.339 e. The molecule has 0 aliphatic rings. The van der Waals surface area contributed by atoms with Gasteiger partial charge in [-0.25, -0.2) is 4.79 Å². The molecule has 0 saturated carbocycles. The van der Waals surface area contributed by atoms with E-state index in [-0.39, 0.29) is 35.9 Å². The number of phenols is 1. The Morgan fingerprint density at radius 1 is 0.943 bits per heavy atom. The Kier molecular flexibility index (Phi) is 10.4. The number of aliphatic hydroxyl groups excluding tert-OH is 1. The standard InChI is InChI=1S/C27H31NO6.ClH/c1-17(2)34-25-16-21(8-13-24(25)27(31)32)19-6-11-23(12-7-19)33-15-14-28-18(3)26(30)20-4-9-22(29)10-5-20;/h4-13,16-18,26,28-30H,14-15H2,1-3H3,(H,31,32);1H/t18-,26-;/m0./s1. The zero-order valence-corrected chi connectivity index (χ0v) is 20.8. The summed E-state index contributed by atoms with van der Waals surface area (Å²) >= 11 is 0. The van der Waals surface area contributed by atoms with E-state index in [0.717, 1.165) is 16.7 Å². The molecule has 0 saturated heterocycles. The highest BCUT2D eigenvalue weighted by molar-refractivity contribution is 5.92. The Morgan fingerprint density at radius 3 is 2.17 bits per heavy atom. The number of carbonyl (C=O) groups is 1. The van der Waals surface area contributed by atoms with E-state index in [1.807, 2.05) is 45.0 Å². The number of rotatable bonds is 11. The Bertz CT molecular complexity index is 1090. The van der Waals surface area contributed by atoms with Gasteiger partial charge in [-0.1, -0.05) is 30.3 Å². The summed E-state index contributed by atoms with van der Waals surface area (Å²) in [5.74, 6) is 0.190. The highest BCUT2D eigenvalue weighted by atomic mass is 35.5. The van der Waals surface area contributed by atoms with Gasteiger partial charge >= 0.3 is 5.97 Å². The van der Waals surface area contributed by atoms with Gasteiger partial charge in [-0.3, -0.25) is 0 Å². The summed E-state index contributed by atoms with van der Waals surface area (Å²) in [6.45, 7) is 6.57. The zero-order valence-electron chi connectivity index (χ0n) is 20.0. The minimum Gasteiger partial charge on any atom is -0.508 e. The Hall–Kier alpha value is -3.26. The van der Waals surface area contributed by atoms with Crippen LogP contribution in [0.5, 0.6) is 17.2 Å². The summed E-state index contributed by atoms with van der Waals surface area (Å²) in [5, 5.41) is 32.4. The number of phenolic OH excluding ortho intramolecular Hbond substituents is 1. The van der Waals surface area contributed by atoms with E-state index in [4.69, 9.17) is 9.47 Å². The lowest BCUT2D eigenvalue weighted by molar-refractivity contribution is 0.0690. The molecular formula is C27H32ClNO6. The van der Waals surface area contributed by atoms with Gasteiger partial charge in [0, 0.05) is 12.6 Å². The SMILES string of the molecule is CC(C)Oc1cc(-c2ccc(OCCN[C@@H](C)[C@H](O)c3ccc(O)cc3)cc2)ccc1C(=O)O.Cl. The molecule has 0 aliphatic heterocycles. The van der Waals surface area contributed by atoms with Crippen LogP contribution in [-0.4, -0.2) is 46.6 Å². The average Bonchev–Trinajstić information content (AvgIpc) is 2.81. The molecule has 188 valence electrons. The van der Waals surface area contributed by atoms with Gasteiger partial charge in [0.25, 0.3) is 0 Å². The van der Waals surface area contributed by atoms with Crippen molar-refractivity contribution in [2.45, 2.75) is 39.0 Å². The van der Waals surface area contributed by atoms with Crippen molar-refractivity contribution in [1.29, 1.82) is 0 Å². The lowest BCUT2D eigenvalue weighted by Crippen LogP contribution is -2.35. The molecule has 0 aromatic heterocycles. The second-order valence-electron chi connectivity index (χ2n) is 8.33. The maximum atomic E-state index is 11.5. The molecule has 7 nitrogen and oxygen atoms in total. The molecule has 4 N–H and O–H groups in total. The predicted molar refractivity (Wildman–Crippen MR) is 138 cm³/mol. The molecule has 0 unspecified atom stereocenters. The van der Waals surface area contributed by atoms with Gasteiger partial charge in [0.05, 0.1) is 12.2 Å². The molecule has 0 heterocycles. The number of benzene rings is 3. The molecule has 3 aromatic carbocycles. The summed E-state index contributed by atoms with van der Waals surface area (Å²) in [4.78, 5) is 11.5. The average molecular weight is 502 g/mol. The third-order valence-corrected chi connectivity index (χ3v) is 5.31. The lowest BCUT2D eigenvalue weighted by Gasteiger charge is -2.21. The van der Waals surface area contributed by atoms with Crippen LogP contribution in [0.15, 0.2) is 66.7 Å². The van der Waals surface area contributed by atoms with Crippen LogP contribution < -0.4 is 14.8 Å². The number of hydrogen-bond acceptors (Lipinski definition) is 6. The highest BCUT2D eigenvalue weighted by Crippen LogP contribution is 2.29. The van der Waals surface area contributed by atoms with Crippen LogP contribution in [0.1, 0.15) is 42.8 Å². The van der Waals surface area contributed by atoms with Gasteiger partial charge < -0.3 is 30.1 Å². The van der Waals surface area contributed by atoms with Gasteiger partial charge in [0.2, 0.25) is 0 Å². The van der Waals surface area contributed by atoms with Crippen LogP contribution in [-0.2, 0) is 0 Å². The number of aromatic carboxylic acids is 1. The van der Waals surface area contributed by atoms with Gasteiger partial charge in [0.1, 0.15) is 29.4 Å². The molecule has 0 aliphatic carbocycles. The van der Waals surface area contributed by atoms with Crippen molar-refractivity contribution in [3.8, 4) is 28.4 Å². The number of aliphatic hydroxyl groups is 1. The lowest BCUT2D eigenvalue weighted by atomic mass is 10.0. The Labute approximate surface area is 211 Å². The molecule has 35 heavy (non-hydrogen) atoms. The molecule has 3 rings (SSSR count). The maximum absolute atomic E-state index is 11.5. The van der Waals surface area contributed by atoms with Crippen LogP contribution in [0.25, 0.3) is 11.1 Å². The minimum atomic E-state index is -1.02. The van der Waals surface area contributed by atoms with E-state index in [1.165, 1.54) is 0 Å². The van der Waals surface area contributed by atoms with E-state index < -0.39 is 12.1 Å². The number of halogens is 1. The second kappa shape index (κ2) is 13.0. The molecular weight excluding hydrogens is 470 g/mol. The van der Waals surface area contributed by atoms with Crippen molar-refractivity contribution in [1.82, 2.24) is 5.32 Å². The van der Waals surface area contributed by atoms with Crippen LogP contribution in [0.4, 0.5) is 0 Å². The van der Waals surface area contributed by atoms with Gasteiger partial charge in [-0.15, -0.1) is 12.4 Å². The first-order valence-electron chi connectivity index (χ1n) is 11.2. The van der Waals surface area contributed by atoms with Crippen LogP contribution in [0, 0.1) is 0 Å². The summed E-state index contributed by atoms with van der Waals surface area (Å²) in [6.07, 6.45) is -0.834. The molecule has 0 spiro atoms. The van der Waals surface area contributed by atoms with Crippen LogP contribution in [0.3, 0.4) is 0 Å². The molecule has 3 aromatic rings. The van der Waals surface area contributed by atoms with Crippen molar-refractivity contribution >= 4 is 18.4 Å². The van der Waals surface area contributed by atoms with Crippen molar-refractivity contribution in [3.63, 3.8) is 0 Å². The maximum Gasteiger partial charge on any atom is 0.339 e. The molecule has 2 atom stereocenters. The van der Waals surface area contributed by atoms with Crippen LogP contribution in [0.2, 0.25) is 0 Å². The molecule has 0 bridgehead atoms. The minimum absolute atomic E-state index is 0. The van der Waals surface area contributed by atoms with Crippen LogP contribution >= 0.6 is 12.4 Å². The molecule has 8 heteroatoms. The Balaban J connectivity index is 0.00000432. The summed E-state index contributed by atoms with van der Waals surface area (Å²) < 4.78 is 11.5. The van der Waals surface area contributed by atoms with Crippen molar-refractivity contribution in [2.24, 2.45) is 0 Å². The summed E-state index contributed by atoms with van der Waals surface area (Å²) in [7, 11) is 0. The first-order chi connectivity index (χ1) is 16.2. The monoisotopic (exact) mass is 501 g/mol. The summed E-state index contributed by atoms with van der Waals surface area (Å²) in [6, 6.07) is 18.9. The van der Waals surface area contributed by atoms with Gasteiger partial charge in [0.15, 0.2) is 0 Å². The number of nitrogens with one attached hydrogen (secondary N) is 1. The molecule has 0 fully saturated rings.